The lowest BCUT2D eigenvalue weighted by atomic mass is 10.1. The molecule has 0 saturated heterocycles. The number of anilines is 1. The molecule has 2 aromatic rings. The zero-order valence-electron chi connectivity index (χ0n) is 11.0. The summed E-state index contributed by atoms with van der Waals surface area (Å²) in [6, 6.07) is 9.02. The minimum atomic E-state index is -0.177. The summed E-state index contributed by atoms with van der Waals surface area (Å²) < 4.78 is 1.75. The summed E-state index contributed by atoms with van der Waals surface area (Å²) in [5, 5.41) is 12.5. The normalized spacial score (nSPS) is 10.4. The standard InChI is InChI=1S/C15H13BrINO2/c1-8-6-14(19)9(2)5-13(8)18-15(20)11-7-10(17)3-4-12(11)16/h3-7,19H,1-2H3,(H,18,20). The topological polar surface area (TPSA) is 49.3 Å². The summed E-state index contributed by atoms with van der Waals surface area (Å²) in [6.45, 7) is 3.64. The molecular weight excluding hydrogens is 433 g/mol. The molecule has 3 nitrogen and oxygen atoms in total. The number of amides is 1. The van der Waals surface area contributed by atoms with Gasteiger partial charge in [-0.25, -0.2) is 0 Å². The highest BCUT2D eigenvalue weighted by Gasteiger charge is 2.13. The second-order valence-electron chi connectivity index (χ2n) is 4.53. The van der Waals surface area contributed by atoms with E-state index in [9.17, 15) is 9.90 Å². The van der Waals surface area contributed by atoms with Gasteiger partial charge in [0.1, 0.15) is 5.75 Å². The Hall–Kier alpha value is -1.08. The van der Waals surface area contributed by atoms with Crippen molar-refractivity contribution in [3.8, 4) is 5.75 Å². The van der Waals surface area contributed by atoms with Gasteiger partial charge in [-0.05, 0) is 93.8 Å². The largest absolute Gasteiger partial charge is 0.508 e. The predicted octanol–water partition coefficient (Wildman–Crippen LogP) is 4.63. The molecule has 0 saturated carbocycles. The Morgan fingerprint density at radius 3 is 2.60 bits per heavy atom. The highest BCUT2D eigenvalue weighted by molar-refractivity contribution is 14.1. The number of carbonyl (C=O) groups is 1. The monoisotopic (exact) mass is 445 g/mol. The molecule has 0 aliphatic heterocycles. The van der Waals surface area contributed by atoms with Crippen molar-refractivity contribution in [1.29, 1.82) is 0 Å². The van der Waals surface area contributed by atoms with E-state index >= 15 is 0 Å². The Morgan fingerprint density at radius 1 is 1.20 bits per heavy atom. The molecule has 0 radical (unpaired) electrons. The molecule has 104 valence electrons. The van der Waals surface area contributed by atoms with Gasteiger partial charge in [0.05, 0.1) is 5.56 Å². The van der Waals surface area contributed by atoms with Crippen LogP contribution in [-0.4, -0.2) is 11.0 Å². The van der Waals surface area contributed by atoms with Gasteiger partial charge < -0.3 is 10.4 Å². The van der Waals surface area contributed by atoms with Crippen molar-refractivity contribution in [3.05, 3.63) is 55.1 Å². The van der Waals surface area contributed by atoms with Gasteiger partial charge in [0, 0.05) is 13.7 Å². The van der Waals surface area contributed by atoms with Gasteiger partial charge in [-0.1, -0.05) is 0 Å². The van der Waals surface area contributed by atoms with Crippen LogP contribution in [0.3, 0.4) is 0 Å². The molecule has 2 N–H and O–H groups in total. The molecule has 0 heterocycles. The lowest BCUT2D eigenvalue weighted by Crippen LogP contribution is -2.13. The van der Waals surface area contributed by atoms with Crippen LogP contribution in [0.4, 0.5) is 5.69 Å². The summed E-state index contributed by atoms with van der Waals surface area (Å²) in [6.07, 6.45) is 0. The van der Waals surface area contributed by atoms with Gasteiger partial charge in [0.15, 0.2) is 0 Å². The lowest BCUT2D eigenvalue weighted by molar-refractivity contribution is 0.102. The summed E-state index contributed by atoms with van der Waals surface area (Å²) in [5.74, 6) is 0.0551. The first-order chi connectivity index (χ1) is 9.38. The van der Waals surface area contributed by atoms with Crippen LogP contribution in [-0.2, 0) is 0 Å². The maximum atomic E-state index is 12.3. The number of hydrogen-bond donors (Lipinski definition) is 2. The fourth-order valence-electron chi connectivity index (χ4n) is 1.80. The number of phenols is 1. The molecule has 0 fully saturated rings. The SMILES string of the molecule is Cc1cc(NC(=O)c2cc(I)ccc2Br)c(C)cc1O. The molecule has 2 aromatic carbocycles. The Morgan fingerprint density at radius 2 is 1.90 bits per heavy atom. The van der Waals surface area contributed by atoms with Crippen molar-refractivity contribution in [2.75, 3.05) is 5.32 Å². The fraction of sp³-hybridized carbons (Fsp3) is 0.133. The molecule has 1 amide bonds. The van der Waals surface area contributed by atoms with Gasteiger partial charge >= 0.3 is 0 Å². The number of aryl methyl sites for hydroxylation is 2. The molecule has 2 rings (SSSR count). The third-order valence-electron chi connectivity index (χ3n) is 2.96. The van der Waals surface area contributed by atoms with E-state index in [-0.39, 0.29) is 11.7 Å². The molecule has 0 aliphatic rings. The number of rotatable bonds is 2. The molecule has 0 spiro atoms. The molecule has 0 atom stereocenters. The Labute approximate surface area is 139 Å². The van der Waals surface area contributed by atoms with Crippen LogP contribution in [0, 0.1) is 17.4 Å². The zero-order valence-corrected chi connectivity index (χ0v) is 14.7. The average molecular weight is 446 g/mol. The van der Waals surface area contributed by atoms with Crippen molar-refractivity contribution in [1.82, 2.24) is 0 Å². The van der Waals surface area contributed by atoms with Crippen LogP contribution in [0.1, 0.15) is 21.5 Å². The molecule has 5 heteroatoms. The minimum Gasteiger partial charge on any atom is -0.508 e. The molecule has 0 aromatic heterocycles. The number of benzene rings is 2. The van der Waals surface area contributed by atoms with Gasteiger partial charge in [-0.3, -0.25) is 4.79 Å². The maximum absolute atomic E-state index is 12.3. The van der Waals surface area contributed by atoms with E-state index in [0.717, 1.165) is 19.2 Å². The number of phenolic OH excluding ortho intramolecular Hbond substituents is 1. The molecular formula is C15H13BrINO2. The van der Waals surface area contributed by atoms with Gasteiger partial charge in [-0.2, -0.15) is 0 Å². The van der Waals surface area contributed by atoms with E-state index in [4.69, 9.17) is 0 Å². The number of carbonyl (C=O) groups excluding carboxylic acids is 1. The Bertz CT molecular complexity index is 686. The highest BCUT2D eigenvalue weighted by atomic mass is 127. The van der Waals surface area contributed by atoms with Crippen molar-refractivity contribution >= 4 is 50.1 Å². The maximum Gasteiger partial charge on any atom is 0.256 e. The number of hydrogen-bond acceptors (Lipinski definition) is 2. The van der Waals surface area contributed by atoms with Crippen LogP contribution in [0.25, 0.3) is 0 Å². The Kier molecular flexibility index (Phi) is 4.70. The van der Waals surface area contributed by atoms with Crippen LogP contribution >= 0.6 is 38.5 Å². The summed E-state index contributed by atoms with van der Waals surface area (Å²) in [5.41, 5.74) is 2.84. The van der Waals surface area contributed by atoms with Crippen LogP contribution in [0.15, 0.2) is 34.8 Å². The van der Waals surface area contributed by atoms with E-state index < -0.39 is 0 Å². The average Bonchev–Trinajstić information content (AvgIpc) is 2.38. The summed E-state index contributed by atoms with van der Waals surface area (Å²) >= 11 is 5.55. The van der Waals surface area contributed by atoms with Gasteiger partial charge in [0.2, 0.25) is 0 Å². The quantitative estimate of drug-likeness (QED) is 0.523. The summed E-state index contributed by atoms with van der Waals surface area (Å²) in [7, 11) is 0. The number of halogens is 2. The smallest absolute Gasteiger partial charge is 0.256 e. The van der Waals surface area contributed by atoms with E-state index in [2.05, 4.69) is 43.8 Å². The minimum absolute atomic E-state index is 0.177. The van der Waals surface area contributed by atoms with E-state index in [1.807, 2.05) is 25.1 Å². The fourth-order valence-corrected chi connectivity index (χ4v) is 2.71. The number of aromatic hydroxyl groups is 1. The van der Waals surface area contributed by atoms with E-state index in [0.29, 0.717) is 11.3 Å². The van der Waals surface area contributed by atoms with Gasteiger partial charge in [-0.15, -0.1) is 0 Å². The van der Waals surface area contributed by atoms with Gasteiger partial charge in [0.25, 0.3) is 5.91 Å². The number of nitrogens with one attached hydrogen (secondary N) is 1. The van der Waals surface area contributed by atoms with E-state index in [1.165, 1.54) is 0 Å². The Balaban J connectivity index is 2.32. The van der Waals surface area contributed by atoms with Crippen LogP contribution in [0.5, 0.6) is 5.75 Å². The van der Waals surface area contributed by atoms with Crippen molar-refractivity contribution < 1.29 is 9.90 Å². The second kappa shape index (κ2) is 6.13. The molecule has 0 bridgehead atoms. The summed E-state index contributed by atoms with van der Waals surface area (Å²) in [4.78, 5) is 12.3. The molecule has 0 unspecified atom stereocenters. The van der Waals surface area contributed by atoms with Crippen molar-refractivity contribution in [3.63, 3.8) is 0 Å². The highest BCUT2D eigenvalue weighted by Crippen LogP contribution is 2.26. The molecule has 0 aliphatic carbocycles. The van der Waals surface area contributed by atoms with Crippen molar-refractivity contribution in [2.24, 2.45) is 0 Å². The van der Waals surface area contributed by atoms with E-state index in [1.54, 1.807) is 19.1 Å². The zero-order chi connectivity index (χ0) is 14.9. The molecule has 20 heavy (non-hydrogen) atoms. The third-order valence-corrected chi connectivity index (χ3v) is 4.33. The van der Waals surface area contributed by atoms with Crippen LogP contribution < -0.4 is 5.32 Å². The predicted molar refractivity (Wildman–Crippen MR) is 92.4 cm³/mol. The van der Waals surface area contributed by atoms with Crippen molar-refractivity contribution in [2.45, 2.75) is 13.8 Å². The first kappa shape index (κ1) is 15.3. The third kappa shape index (κ3) is 3.32. The first-order valence-corrected chi connectivity index (χ1v) is 7.82. The first-order valence-electron chi connectivity index (χ1n) is 5.95. The lowest BCUT2D eigenvalue weighted by Gasteiger charge is -2.11. The second-order valence-corrected chi connectivity index (χ2v) is 6.63. The van der Waals surface area contributed by atoms with Crippen LogP contribution in [0.2, 0.25) is 0 Å².